The molecule has 2 heterocycles. The number of amides is 2. The summed E-state index contributed by atoms with van der Waals surface area (Å²) in [6.45, 7) is 2.18. The number of aliphatic hydroxyl groups excluding tert-OH is 1. The second-order valence-electron chi connectivity index (χ2n) is 4.09. The lowest BCUT2D eigenvalue weighted by molar-refractivity contribution is 0.262. The lowest BCUT2D eigenvalue weighted by Gasteiger charge is -2.08. The lowest BCUT2D eigenvalue weighted by Crippen LogP contribution is -2.20. The number of nitrogens with one attached hydrogen (secondary N) is 2. The van der Waals surface area contributed by atoms with Gasteiger partial charge in [0.1, 0.15) is 5.15 Å². The van der Waals surface area contributed by atoms with Gasteiger partial charge in [-0.2, -0.15) is 5.10 Å². The lowest BCUT2D eigenvalue weighted by atomic mass is 10.2. The molecule has 2 aromatic heterocycles. The van der Waals surface area contributed by atoms with Crippen LogP contribution in [0.5, 0.6) is 0 Å². The van der Waals surface area contributed by atoms with Crippen LogP contribution in [0, 0.1) is 6.92 Å². The minimum absolute atomic E-state index is 0.0119. The first-order valence-corrected chi connectivity index (χ1v) is 6.31. The molecule has 0 unspecified atom stereocenters. The first kappa shape index (κ1) is 14.3. The highest BCUT2D eigenvalue weighted by molar-refractivity contribution is 6.29. The number of hydrogen-bond donors (Lipinski definition) is 3. The molecular formula is C12H14ClN5O2. The number of carbonyl (C=O) groups excluding carboxylic acids is 1. The van der Waals surface area contributed by atoms with Crippen molar-refractivity contribution in [1.29, 1.82) is 0 Å². The highest BCUT2D eigenvalue weighted by atomic mass is 35.5. The van der Waals surface area contributed by atoms with Crippen LogP contribution in [0.2, 0.25) is 5.15 Å². The Hall–Kier alpha value is -2.12. The number of anilines is 2. The maximum Gasteiger partial charge on any atom is 0.324 e. The number of aromatic nitrogens is 3. The summed E-state index contributed by atoms with van der Waals surface area (Å²) >= 11 is 5.78. The topological polar surface area (TPSA) is 92.1 Å². The van der Waals surface area contributed by atoms with Crippen LogP contribution in [0.4, 0.5) is 16.3 Å². The molecule has 2 aromatic rings. The van der Waals surface area contributed by atoms with Crippen molar-refractivity contribution in [3.63, 3.8) is 0 Å². The van der Waals surface area contributed by atoms with Crippen LogP contribution in [0.25, 0.3) is 0 Å². The molecule has 0 aromatic carbocycles. The minimum Gasteiger partial charge on any atom is -0.394 e. The van der Waals surface area contributed by atoms with Crippen molar-refractivity contribution in [2.45, 2.75) is 13.5 Å². The van der Waals surface area contributed by atoms with Gasteiger partial charge in [0.2, 0.25) is 0 Å². The fraction of sp³-hybridized carbons (Fsp3) is 0.250. The molecule has 3 N–H and O–H groups in total. The van der Waals surface area contributed by atoms with Crippen LogP contribution in [0.3, 0.4) is 0 Å². The molecule has 0 aliphatic rings. The van der Waals surface area contributed by atoms with Crippen molar-refractivity contribution in [3.05, 3.63) is 35.2 Å². The Morgan fingerprint density at radius 1 is 1.50 bits per heavy atom. The van der Waals surface area contributed by atoms with Crippen LogP contribution in [-0.4, -0.2) is 32.5 Å². The largest absolute Gasteiger partial charge is 0.394 e. The highest BCUT2D eigenvalue weighted by Crippen LogP contribution is 2.17. The second-order valence-corrected chi connectivity index (χ2v) is 4.48. The zero-order chi connectivity index (χ0) is 14.5. The van der Waals surface area contributed by atoms with E-state index in [1.54, 1.807) is 24.5 Å². The van der Waals surface area contributed by atoms with Crippen LogP contribution < -0.4 is 10.6 Å². The first-order chi connectivity index (χ1) is 9.58. The van der Waals surface area contributed by atoms with E-state index in [1.165, 1.54) is 4.68 Å². The number of halogens is 1. The number of hydrogen-bond acceptors (Lipinski definition) is 4. The minimum atomic E-state index is -0.426. The summed E-state index contributed by atoms with van der Waals surface area (Å²) in [4.78, 5) is 15.7. The molecule has 0 saturated heterocycles. The normalized spacial score (nSPS) is 10.3. The third-order valence-electron chi connectivity index (χ3n) is 2.53. The van der Waals surface area contributed by atoms with E-state index in [0.29, 0.717) is 23.2 Å². The van der Waals surface area contributed by atoms with Crippen molar-refractivity contribution < 1.29 is 9.90 Å². The van der Waals surface area contributed by atoms with Crippen molar-refractivity contribution in [3.8, 4) is 0 Å². The Morgan fingerprint density at radius 3 is 3.05 bits per heavy atom. The van der Waals surface area contributed by atoms with Gasteiger partial charge in [-0.3, -0.25) is 10.00 Å². The maximum atomic E-state index is 11.8. The van der Waals surface area contributed by atoms with Crippen molar-refractivity contribution >= 4 is 29.1 Å². The number of aliphatic hydroxyl groups is 1. The number of rotatable bonds is 4. The zero-order valence-corrected chi connectivity index (χ0v) is 11.6. The average molecular weight is 296 g/mol. The van der Waals surface area contributed by atoms with E-state index < -0.39 is 6.03 Å². The van der Waals surface area contributed by atoms with E-state index in [4.69, 9.17) is 16.7 Å². The van der Waals surface area contributed by atoms with Gasteiger partial charge in [0, 0.05) is 24.1 Å². The Kier molecular flexibility index (Phi) is 4.54. The molecule has 0 radical (unpaired) electrons. The summed E-state index contributed by atoms with van der Waals surface area (Å²) < 4.78 is 1.53. The fourth-order valence-corrected chi connectivity index (χ4v) is 1.72. The van der Waals surface area contributed by atoms with Gasteiger partial charge >= 0.3 is 6.03 Å². The standard InChI is InChI=1S/C12H14ClN5O2/c1-8-7-14-10(13)6-9(8)15-12(20)16-11-2-3-18(17-11)4-5-19/h2-3,6-7,19H,4-5H2,1H3,(H2,14,15,16,17,20). The van der Waals surface area contributed by atoms with Crippen molar-refractivity contribution in [1.82, 2.24) is 14.8 Å². The van der Waals surface area contributed by atoms with E-state index in [-0.39, 0.29) is 6.61 Å². The van der Waals surface area contributed by atoms with E-state index in [2.05, 4.69) is 20.7 Å². The third kappa shape index (κ3) is 3.69. The molecule has 0 aliphatic heterocycles. The van der Waals surface area contributed by atoms with Gasteiger partial charge in [-0.1, -0.05) is 11.6 Å². The fourth-order valence-electron chi connectivity index (χ4n) is 1.56. The number of urea groups is 1. The van der Waals surface area contributed by atoms with Crippen LogP contribution in [0.1, 0.15) is 5.56 Å². The average Bonchev–Trinajstić information content (AvgIpc) is 2.81. The molecule has 0 aliphatic carbocycles. The zero-order valence-electron chi connectivity index (χ0n) is 10.8. The monoisotopic (exact) mass is 295 g/mol. The Morgan fingerprint density at radius 2 is 2.30 bits per heavy atom. The summed E-state index contributed by atoms with van der Waals surface area (Å²) in [7, 11) is 0. The molecule has 0 fully saturated rings. The van der Waals surface area contributed by atoms with Gasteiger partial charge in [-0.15, -0.1) is 0 Å². The molecule has 2 amide bonds. The van der Waals surface area contributed by atoms with Gasteiger partial charge in [0.25, 0.3) is 0 Å². The SMILES string of the molecule is Cc1cnc(Cl)cc1NC(=O)Nc1ccn(CCO)n1. The molecule has 0 atom stereocenters. The third-order valence-corrected chi connectivity index (χ3v) is 2.74. The van der Waals surface area contributed by atoms with Gasteiger partial charge < -0.3 is 10.4 Å². The summed E-state index contributed by atoms with van der Waals surface area (Å²) in [5, 5.41) is 18.4. The quantitative estimate of drug-likeness (QED) is 0.751. The number of aryl methyl sites for hydroxylation is 1. The predicted molar refractivity (Wildman–Crippen MR) is 75.9 cm³/mol. The maximum absolute atomic E-state index is 11.8. The number of pyridine rings is 1. The van der Waals surface area contributed by atoms with Crippen molar-refractivity contribution in [2.75, 3.05) is 17.2 Å². The number of carbonyl (C=O) groups is 1. The smallest absolute Gasteiger partial charge is 0.324 e. The van der Waals surface area contributed by atoms with Gasteiger partial charge in [-0.25, -0.2) is 9.78 Å². The second kappa shape index (κ2) is 6.36. The molecule has 106 valence electrons. The highest BCUT2D eigenvalue weighted by Gasteiger charge is 2.07. The van der Waals surface area contributed by atoms with Crippen LogP contribution >= 0.6 is 11.6 Å². The molecule has 7 nitrogen and oxygen atoms in total. The molecule has 0 bridgehead atoms. The summed E-state index contributed by atoms with van der Waals surface area (Å²) in [6.07, 6.45) is 3.24. The molecule has 20 heavy (non-hydrogen) atoms. The summed E-state index contributed by atoms with van der Waals surface area (Å²) in [5.41, 5.74) is 1.38. The predicted octanol–water partition coefficient (Wildman–Crippen LogP) is 1.88. The van der Waals surface area contributed by atoms with Crippen LogP contribution in [0.15, 0.2) is 24.5 Å². The van der Waals surface area contributed by atoms with Gasteiger partial charge in [0.15, 0.2) is 5.82 Å². The summed E-state index contributed by atoms with van der Waals surface area (Å²) in [6, 6.07) is 2.78. The summed E-state index contributed by atoms with van der Waals surface area (Å²) in [5.74, 6) is 0.397. The van der Waals surface area contributed by atoms with Crippen LogP contribution in [-0.2, 0) is 6.54 Å². The van der Waals surface area contributed by atoms with E-state index in [1.807, 2.05) is 6.92 Å². The molecule has 2 rings (SSSR count). The Bertz CT molecular complexity index is 614. The van der Waals surface area contributed by atoms with E-state index >= 15 is 0 Å². The number of nitrogens with zero attached hydrogens (tertiary/aromatic N) is 3. The van der Waals surface area contributed by atoms with Gasteiger partial charge in [-0.05, 0) is 18.6 Å². The van der Waals surface area contributed by atoms with Crippen molar-refractivity contribution in [2.24, 2.45) is 0 Å². The molecule has 0 saturated carbocycles. The molecule has 0 spiro atoms. The first-order valence-electron chi connectivity index (χ1n) is 5.93. The molecule has 8 heteroatoms. The van der Waals surface area contributed by atoms with E-state index in [9.17, 15) is 4.79 Å². The van der Waals surface area contributed by atoms with Gasteiger partial charge in [0.05, 0.1) is 13.2 Å². The van der Waals surface area contributed by atoms with E-state index in [0.717, 1.165) is 5.56 Å². The Labute approximate surface area is 120 Å². The molecular weight excluding hydrogens is 282 g/mol. The Balaban J connectivity index is 1.99.